The lowest BCUT2D eigenvalue weighted by molar-refractivity contribution is -0.111. The van der Waals surface area contributed by atoms with E-state index in [0.717, 1.165) is 0 Å². The second kappa shape index (κ2) is 7.82. The number of carbonyl (C=O) groups is 2. The molecule has 0 saturated carbocycles. The van der Waals surface area contributed by atoms with Crippen molar-refractivity contribution in [3.8, 4) is 11.5 Å². The van der Waals surface area contributed by atoms with Crippen LogP contribution in [0.1, 0.15) is 15.9 Å². The van der Waals surface area contributed by atoms with E-state index in [9.17, 15) is 9.59 Å². The van der Waals surface area contributed by atoms with Gasteiger partial charge in [0, 0.05) is 12.1 Å². The van der Waals surface area contributed by atoms with Gasteiger partial charge in [0.15, 0.2) is 0 Å². The van der Waals surface area contributed by atoms with E-state index in [2.05, 4.69) is 5.32 Å². The summed E-state index contributed by atoms with van der Waals surface area (Å²) in [5.41, 5.74) is 0.984. The second-order valence-corrected chi connectivity index (χ2v) is 4.82. The molecule has 6 nitrogen and oxygen atoms in total. The molecule has 0 spiro atoms. The first-order valence-electron chi connectivity index (χ1n) is 7.08. The molecule has 2 aromatic rings. The van der Waals surface area contributed by atoms with Crippen LogP contribution in [-0.4, -0.2) is 31.2 Å². The molecule has 0 radical (unpaired) electrons. The van der Waals surface area contributed by atoms with Crippen molar-refractivity contribution in [1.82, 2.24) is 0 Å². The molecule has 0 aliphatic rings. The van der Waals surface area contributed by atoms with Crippen LogP contribution >= 0.6 is 0 Å². The Hall–Kier alpha value is -3.28. The van der Waals surface area contributed by atoms with Gasteiger partial charge in [-0.25, -0.2) is 4.79 Å². The number of methoxy groups -OCH3 is 2. The minimum absolute atomic E-state index is 0.0299. The predicted molar refractivity (Wildman–Crippen MR) is 90.6 cm³/mol. The Bertz CT molecular complexity index is 760. The maximum absolute atomic E-state index is 12.0. The Kier molecular flexibility index (Phi) is 5.57. The van der Waals surface area contributed by atoms with Gasteiger partial charge in [-0.05, 0) is 35.9 Å². The van der Waals surface area contributed by atoms with Crippen molar-refractivity contribution in [2.75, 3.05) is 19.5 Å². The summed E-state index contributed by atoms with van der Waals surface area (Å²) in [4.78, 5) is 23.1. The van der Waals surface area contributed by atoms with Crippen molar-refractivity contribution < 1.29 is 24.2 Å². The molecule has 124 valence electrons. The van der Waals surface area contributed by atoms with Crippen LogP contribution in [0.4, 0.5) is 5.69 Å². The van der Waals surface area contributed by atoms with Gasteiger partial charge in [0.25, 0.3) is 0 Å². The number of rotatable bonds is 6. The van der Waals surface area contributed by atoms with Gasteiger partial charge in [0.1, 0.15) is 11.5 Å². The molecular weight excluding hydrogens is 310 g/mol. The van der Waals surface area contributed by atoms with E-state index in [1.807, 2.05) is 0 Å². The quantitative estimate of drug-likeness (QED) is 0.797. The molecule has 2 N–H and O–H groups in total. The Morgan fingerprint density at radius 3 is 2.25 bits per heavy atom. The van der Waals surface area contributed by atoms with Crippen LogP contribution in [-0.2, 0) is 4.79 Å². The molecule has 0 heterocycles. The average molecular weight is 327 g/mol. The number of anilines is 1. The van der Waals surface area contributed by atoms with Crippen molar-refractivity contribution in [3.05, 3.63) is 59.7 Å². The first-order chi connectivity index (χ1) is 11.5. The van der Waals surface area contributed by atoms with Crippen LogP contribution < -0.4 is 14.8 Å². The fourth-order valence-electron chi connectivity index (χ4n) is 2.05. The van der Waals surface area contributed by atoms with Crippen molar-refractivity contribution in [2.24, 2.45) is 0 Å². The molecule has 0 saturated heterocycles. The molecule has 0 atom stereocenters. The molecule has 2 aromatic carbocycles. The summed E-state index contributed by atoms with van der Waals surface area (Å²) in [6.07, 6.45) is 2.90. The number of nitrogens with one attached hydrogen (secondary N) is 1. The van der Waals surface area contributed by atoms with Gasteiger partial charge in [-0.15, -0.1) is 0 Å². The van der Waals surface area contributed by atoms with E-state index in [1.54, 1.807) is 36.4 Å². The summed E-state index contributed by atoms with van der Waals surface area (Å²) in [6, 6.07) is 11.4. The average Bonchev–Trinajstić information content (AvgIpc) is 2.59. The molecule has 0 aliphatic heterocycles. The molecule has 0 fully saturated rings. The van der Waals surface area contributed by atoms with Crippen molar-refractivity contribution in [2.45, 2.75) is 0 Å². The summed E-state index contributed by atoms with van der Waals surface area (Å²) in [5.74, 6) is -0.339. The number of amides is 1. The largest absolute Gasteiger partial charge is 0.497 e. The third-order valence-electron chi connectivity index (χ3n) is 3.22. The Labute approximate surface area is 139 Å². The van der Waals surface area contributed by atoms with E-state index in [0.29, 0.717) is 17.1 Å². The molecule has 1 amide bonds. The zero-order chi connectivity index (χ0) is 17.5. The minimum atomic E-state index is -1.10. The zero-order valence-electron chi connectivity index (χ0n) is 13.3. The van der Waals surface area contributed by atoms with E-state index in [-0.39, 0.29) is 11.3 Å². The molecule has 2 rings (SSSR count). The van der Waals surface area contributed by atoms with Gasteiger partial charge in [-0.1, -0.05) is 12.1 Å². The molecule has 0 unspecified atom stereocenters. The molecule has 0 aromatic heterocycles. The van der Waals surface area contributed by atoms with Gasteiger partial charge in [0.2, 0.25) is 5.91 Å². The lowest BCUT2D eigenvalue weighted by atomic mass is 10.1. The summed E-state index contributed by atoms with van der Waals surface area (Å²) < 4.78 is 10.3. The van der Waals surface area contributed by atoms with E-state index in [1.165, 1.54) is 32.4 Å². The van der Waals surface area contributed by atoms with E-state index < -0.39 is 11.9 Å². The predicted octanol–water partition coefficient (Wildman–Crippen LogP) is 3.05. The number of carboxylic acid groups (broad SMARTS) is 1. The number of hydrogen-bond acceptors (Lipinski definition) is 4. The highest BCUT2D eigenvalue weighted by molar-refractivity contribution is 6.06. The van der Waals surface area contributed by atoms with Gasteiger partial charge in [0.05, 0.1) is 25.5 Å². The number of carbonyl (C=O) groups excluding carboxylic acids is 1. The topological polar surface area (TPSA) is 84.9 Å². The fraction of sp³-hybridized carbons (Fsp3) is 0.111. The second-order valence-electron chi connectivity index (χ2n) is 4.82. The lowest BCUT2D eigenvalue weighted by Gasteiger charge is -2.07. The zero-order valence-corrected chi connectivity index (χ0v) is 13.3. The van der Waals surface area contributed by atoms with Gasteiger partial charge >= 0.3 is 5.97 Å². The third kappa shape index (κ3) is 4.36. The van der Waals surface area contributed by atoms with Crippen LogP contribution in [0, 0.1) is 0 Å². The summed E-state index contributed by atoms with van der Waals surface area (Å²) in [5, 5.41) is 11.7. The van der Waals surface area contributed by atoms with Crippen LogP contribution in [0.3, 0.4) is 0 Å². The number of aromatic carboxylic acids is 1. The summed E-state index contributed by atoms with van der Waals surface area (Å²) in [7, 11) is 3.08. The first-order valence-corrected chi connectivity index (χ1v) is 7.08. The SMILES string of the molecule is COc1cc(/C=C/C(=O)Nc2ccccc2C(=O)O)cc(OC)c1. The highest BCUT2D eigenvalue weighted by Crippen LogP contribution is 2.23. The number of ether oxygens (including phenoxy) is 2. The van der Waals surface area contributed by atoms with Crippen LogP contribution in [0.2, 0.25) is 0 Å². The fourth-order valence-corrected chi connectivity index (χ4v) is 2.05. The Morgan fingerprint density at radius 1 is 1.04 bits per heavy atom. The van der Waals surface area contributed by atoms with Crippen molar-refractivity contribution in [1.29, 1.82) is 0 Å². The van der Waals surface area contributed by atoms with E-state index >= 15 is 0 Å². The van der Waals surface area contributed by atoms with Crippen LogP contribution in [0.15, 0.2) is 48.5 Å². The summed E-state index contributed by atoms with van der Waals surface area (Å²) >= 11 is 0. The molecule has 6 heteroatoms. The maximum Gasteiger partial charge on any atom is 0.337 e. The normalized spacial score (nSPS) is 10.4. The Balaban J connectivity index is 2.15. The highest BCUT2D eigenvalue weighted by atomic mass is 16.5. The first kappa shape index (κ1) is 17.1. The monoisotopic (exact) mass is 327 g/mol. The summed E-state index contributed by atoms with van der Waals surface area (Å²) in [6.45, 7) is 0. The Morgan fingerprint density at radius 2 is 1.67 bits per heavy atom. The molecule has 0 aliphatic carbocycles. The van der Waals surface area contributed by atoms with Gasteiger partial charge in [-0.2, -0.15) is 0 Å². The van der Waals surface area contributed by atoms with E-state index in [4.69, 9.17) is 14.6 Å². The van der Waals surface area contributed by atoms with Crippen LogP contribution in [0.5, 0.6) is 11.5 Å². The number of hydrogen-bond donors (Lipinski definition) is 2. The van der Waals surface area contributed by atoms with Crippen molar-refractivity contribution in [3.63, 3.8) is 0 Å². The number of benzene rings is 2. The highest BCUT2D eigenvalue weighted by Gasteiger charge is 2.10. The lowest BCUT2D eigenvalue weighted by Crippen LogP contribution is -2.11. The van der Waals surface area contributed by atoms with Crippen LogP contribution in [0.25, 0.3) is 6.08 Å². The standard InChI is InChI=1S/C18H17NO5/c1-23-13-9-12(10-14(11-13)24-2)7-8-17(20)19-16-6-4-3-5-15(16)18(21)22/h3-11H,1-2H3,(H,19,20)(H,21,22)/b8-7+. The number of carboxylic acids is 1. The third-order valence-corrected chi connectivity index (χ3v) is 3.22. The van der Waals surface area contributed by atoms with Gasteiger partial charge in [-0.3, -0.25) is 4.79 Å². The maximum atomic E-state index is 12.0. The van der Waals surface area contributed by atoms with Gasteiger partial charge < -0.3 is 19.9 Å². The molecular formula is C18H17NO5. The van der Waals surface area contributed by atoms with Crippen molar-refractivity contribution >= 4 is 23.6 Å². The smallest absolute Gasteiger partial charge is 0.337 e. The molecule has 0 bridgehead atoms. The molecule has 24 heavy (non-hydrogen) atoms. The minimum Gasteiger partial charge on any atom is -0.497 e. The number of para-hydroxylation sites is 1.